The van der Waals surface area contributed by atoms with Crippen molar-refractivity contribution in [3.63, 3.8) is 0 Å². The molecule has 0 fully saturated rings. The predicted molar refractivity (Wildman–Crippen MR) is 49.1 cm³/mol. The second-order valence-corrected chi connectivity index (χ2v) is 2.69. The van der Waals surface area contributed by atoms with Gasteiger partial charge in [-0.3, -0.25) is 0 Å². The van der Waals surface area contributed by atoms with E-state index in [2.05, 4.69) is 15.0 Å². The van der Waals surface area contributed by atoms with Crippen LogP contribution >= 0.6 is 23.2 Å². The van der Waals surface area contributed by atoms with E-state index in [1.165, 1.54) is 0 Å². The Morgan fingerprint density at radius 2 is 2.08 bits per heavy atom. The highest BCUT2D eigenvalue weighted by Gasteiger charge is 2.06. The first-order valence-electron chi connectivity index (χ1n) is 3.09. The van der Waals surface area contributed by atoms with Crippen LogP contribution in [0.15, 0.2) is 4.99 Å². The van der Waals surface area contributed by atoms with Crippen molar-refractivity contribution in [1.82, 2.24) is 9.97 Å². The molecular formula is C6H6Cl2N4. The number of hydrogen-bond acceptors (Lipinski definition) is 3. The van der Waals surface area contributed by atoms with E-state index in [1.54, 1.807) is 6.92 Å². The van der Waals surface area contributed by atoms with Crippen molar-refractivity contribution in [2.75, 3.05) is 0 Å². The fourth-order valence-electron chi connectivity index (χ4n) is 0.721. The van der Waals surface area contributed by atoms with E-state index in [9.17, 15) is 0 Å². The number of rotatable bonds is 1. The van der Waals surface area contributed by atoms with Gasteiger partial charge in [0.1, 0.15) is 5.69 Å². The van der Waals surface area contributed by atoms with Gasteiger partial charge < -0.3 is 5.73 Å². The molecule has 0 aromatic carbocycles. The molecule has 0 unspecified atom stereocenters. The summed E-state index contributed by atoms with van der Waals surface area (Å²) in [6, 6.07) is 0. The number of aliphatic imine (C=N–C) groups is 1. The molecule has 1 aromatic rings. The lowest BCUT2D eigenvalue weighted by Gasteiger charge is -2.00. The molecule has 0 atom stereocenters. The van der Waals surface area contributed by atoms with Crippen LogP contribution in [0.25, 0.3) is 0 Å². The molecule has 6 heteroatoms. The van der Waals surface area contributed by atoms with Gasteiger partial charge in [0.2, 0.25) is 5.28 Å². The summed E-state index contributed by atoms with van der Waals surface area (Å²) in [6.45, 7) is 1.72. The first-order valence-corrected chi connectivity index (χ1v) is 3.84. The third-order valence-electron chi connectivity index (χ3n) is 1.19. The summed E-state index contributed by atoms with van der Waals surface area (Å²) < 4.78 is 0. The molecule has 64 valence electrons. The van der Waals surface area contributed by atoms with E-state index in [-0.39, 0.29) is 10.4 Å². The lowest BCUT2D eigenvalue weighted by Crippen LogP contribution is -1.92. The molecule has 0 amide bonds. The van der Waals surface area contributed by atoms with Crippen LogP contribution in [0.4, 0.5) is 5.69 Å². The smallest absolute Gasteiger partial charge is 0.224 e. The van der Waals surface area contributed by atoms with Crippen LogP contribution in [0, 0.1) is 6.92 Å². The molecule has 4 nitrogen and oxygen atoms in total. The van der Waals surface area contributed by atoms with Gasteiger partial charge in [-0.25, -0.2) is 15.0 Å². The predicted octanol–water partition coefficient (Wildman–Crippen LogP) is 1.71. The summed E-state index contributed by atoms with van der Waals surface area (Å²) >= 11 is 11.2. The Balaban J connectivity index is 3.28. The van der Waals surface area contributed by atoms with Gasteiger partial charge in [0.25, 0.3) is 0 Å². The number of hydrogen-bond donors (Lipinski definition) is 1. The Morgan fingerprint density at radius 1 is 1.42 bits per heavy atom. The van der Waals surface area contributed by atoms with Crippen LogP contribution in [-0.2, 0) is 0 Å². The Bertz CT molecular complexity index is 300. The maximum Gasteiger partial charge on any atom is 0.224 e. The highest BCUT2D eigenvalue weighted by molar-refractivity contribution is 6.33. The molecule has 1 rings (SSSR count). The minimum Gasteiger partial charge on any atom is -0.390 e. The molecule has 0 aliphatic carbocycles. The van der Waals surface area contributed by atoms with E-state index < -0.39 is 0 Å². The highest BCUT2D eigenvalue weighted by Crippen LogP contribution is 2.25. The summed E-state index contributed by atoms with van der Waals surface area (Å²) in [5, 5.41) is 0.308. The number of nitrogens with zero attached hydrogens (tertiary/aromatic N) is 3. The Kier molecular flexibility index (Phi) is 2.83. The van der Waals surface area contributed by atoms with E-state index in [0.717, 1.165) is 6.34 Å². The molecular weight excluding hydrogens is 199 g/mol. The van der Waals surface area contributed by atoms with Gasteiger partial charge in [0, 0.05) is 0 Å². The maximum absolute atomic E-state index is 5.71. The fourth-order valence-corrected chi connectivity index (χ4v) is 1.24. The molecule has 1 heterocycles. The maximum atomic E-state index is 5.71. The molecule has 12 heavy (non-hydrogen) atoms. The highest BCUT2D eigenvalue weighted by atomic mass is 35.5. The molecule has 0 aliphatic heterocycles. The van der Waals surface area contributed by atoms with Gasteiger partial charge in [-0.2, -0.15) is 0 Å². The Labute approximate surface area is 79.4 Å². The topological polar surface area (TPSA) is 64.2 Å². The van der Waals surface area contributed by atoms with Gasteiger partial charge in [-0.05, 0) is 18.5 Å². The third-order valence-corrected chi connectivity index (χ3v) is 1.62. The van der Waals surface area contributed by atoms with E-state index in [1.807, 2.05) is 0 Å². The number of nitrogens with two attached hydrogens (primary N) is 1. The van der Waals surface area contributed by atoms with Crippen LogP contribution in [0.5, 0.6) is 0 Å². The summed E-state index contributed by atoms with van der Waals surface area (Å²) in [5.74, 6) is 0. The van der Waals surface area contributed by atoms with Gasteiger partial charge in [0.05, 0.1) is 12.0 Å². The van der Waals surface area contributed by atoms with Gasteiger partial charge in [0.15, 0.2) is 5.15 Å². The quantitative estimate of drug-likeness (QED) is 0.328. The zero-order chi connectivity index (χ0) is 9.14. The van der Waals surface area contributed by atoms with Crippen molar-refractivity contribution >= 4 is 35.2 Å². The second-order valence-electron chi connectivity index (χ2n) is 2.00. The molecule has 0 spiro atoms. The van der Waals surface area contributed by atoms with Crippen molar-refractivity contribution in [3.05, 3.63) is 16.1 Å². The minimum absolute atomic E-state index is 0.105. The molecule has 1 aromatic heterocycles. The van der Waals surface area contributed by atoms with Crippen LogP contribution in [0.2, 0.25) is 10.4 Å². The summed E-state index contributed by atoms with van der Waals surface area (Å²) in [7, 11) is 0. The third kappa shape index (κ3) is 1.84. The van der Waals surface area contributed by atoms with E-state index in [4.69, 9.17) is 28.9 Å². The molecule has 0 saturated heterocycles. The fraction of sp³-hybridized carbons (Fsp3) is 0.167. The van der Waals surface area contributed by atoms with Crippen LogP contribution < -0.4 is 5.73 Å². The van der Waals surface area contributed by atoms with Gasteiger partial charge in [-0.1, -0.05) is 11.6 Å². The molecule has 0 bridgehead atoms. The lowest BCUT2D eigenvalue weighted by atomic mass is 10.4. The van der Waals surface area contributed by atoms with Gasteiger partial charge >= 0.3 is 0 Å². The average Bonchev–Trinajstić information content (AvgIpc) is 1.96. The van der Waals surface area contributed by atoms with Crippen LogP contribution in [0.3, 0.4) is 0 Å². The summed E-state index contributed by atoms with van der Waals surface area (Å²) in [6.07, 6.45) is 1.13. The van der Waals surface area contributed by atoms with E-state index in [0.29, 0.717) is 11.4 Å². The normalized spacial score (nSPS) is 10.9. The van der Waals surface area contributed by atoms with Gasteiger partial charge in [-0.15, -0.1) is 0 Å². The lowest BCUT2D eigenvalue weighted by molar-refractivity contribution is 1.09. The van der Waals surface area contributed by atoms with Crippen molar-refractivity contribution in [2.45, 2.75) is 6.92 Å². The van der Waals surface area contributed by atoms with Crippen molar-refractivity contribution in [3.8, 4) is 0 Å². The summed E-state index contributed by atoms with van der Waals surface area (Å²) in [4.78, 5) is 11.3. The number of aromatic nitrogens is 2. The van der Waals surface area contributed by atoms with Crippen LogP contribution in [-0.4, -0.2) is 16.3 Å². The zero-order valence-electron chi connectivity index (χ0n) is 6.25. The zero-order valence-corrected chi connectivity index (χ0v) is 7.76. The summed E-state index contributed by atoms with van der Waals surface area (Å²) in [5.41, 5.74) is 6.14. The first-order chi connectivity index (χ1) is 5.65. The molecule has 0 saturated carbocycles. The monoisotopic (exact) mass is 204 g/mol. The standard InChI is InChI=1S/C6H6Cl2N4/c1-3-4(10-2-9)5(7)12-6(8)11-3/h2H,1H3,(H2,9,10). The number of halogens is 2. The Hall–Kier alpha value is -0.870. The second kappa shape index (κ2) is 3.69. The SMILES string of the molecule is Cc1nc(Cl)nc(Cl)c1N=CN. The molecule has 0 radical (unpaired) electrons. The van der Waals surface area contributed by atoms with Crippen molar-refractivity contribution < 1.29 is 0 Å². The number of aryl methyl sites for hydroxylation is 1. The largest absolute Gasteiger partial charge is 0.390 e. The molecule has 0 aliphatic rings. The minimum atomic E-state index is 0.105. The van der Waals surface area contributed by atoms with Crippen LogP contribution in [0.1, 0.15) is 5.69 Å². The first kappa shape index (κ1) is 9.22. The molecule has 2 N–H and O–H groups in total. The van der Waals surface area contributed by atoms with Crippen molar-refractivity contribution in [1.29, 1.82) is 0 Å². The van der Waals surface area contributed by atoms with Crippen molar-refractivity contribution in [2.24, 2.45) is 10.7 Å². The van der Waals surface area contributed by atoms with E-state index >= 15 is 0 Å². The Morgan fingerprint density at radius 3 is 2.58 bits per heavy atom. The average molecular weight is 205 g/mol.